The molecule has 1 aromatic heterocycles. The molecule has 2 aliphatic rings. The molecule has 0 aliphatic carbocycles. The molecule has 128 valence electrons. The standard InChI is InChI=1S/C12H13N5O5S2/c13-7-10(20)17-8(12(21)22)4(3-24-11(7)17)2-23-9-5(1-6(18)19)14-16-15-9/h7,11H,1-3,13H2,(H,18,19)(H,21,22)(H,14,15,16)/t7?,11-/m1/s1. The number of hydrogen-bond acceptors (Lipinski definition) is 8. The average molecular weight is 371 g/mol. The summed E-state index contributed by atoms with van der Waals surface area (Å²) in [5, 5.41) is 28.3. The van der Waals surface area contributed by atoms with Gasteiger partial charge in [-0.1, -0.05) is 5.21 Å². The van der Waals surface area contributed by atoms with Crippen LogP contribution in [0.3, 0.4) is 0 Å². The first-order chi connectivity index (χ1) is 11.4. The van der Waals surface area contributed by atoms with Crippen LogP contribution in [0.5, 0.6) is 0 Å². The molecule has 0 bridgehead atoms. The van der Waals surface area contributed by atoms with Crippen LogP contribution in [0.25, 0.3) is 0 Å². The van der Waals surface area contributed by atoms with Crippen LogP contribution in [-0.2, 0) is 20.8 Å². The summed E-state index contributed by atoms with van der Waals surface area (Å²) in [6.45, 7) is 0. The fourth-order valence-corrected chi connectivity index (χ4v) is 4.83. The summed E-state index contributed by atoms with van der Waals surface area (Å²) in [6.07, 6.45) is -0.278. The second-order valence-corrected chi connectivity index (χ2v) is 7.23. The second kappa shape index (κ2) is 6.45. The molecule has 0 radical (unpaired) electrons. The molecule has 5 N–H and O–H groups in total. The van der Waals surface area contributed by atoms with E-state index in [0.717, 1.165) is 0 Å². The number of rotatable bonds is 6. The fourth-order valence-electron chi connectivity index (χ4n) is 2.47. The third kappa shape index (κ3) is 2.87. The number of nitrogens with one attached hydrogen (secondary N) is 1. The van der Waals surface area contributed by atoms with E-state index in [4.69, 9.17) is 10.8 Å². The monoisotopic (exact) mass is 371 g/mol. The summed E-state index contributed by atoms with van der Waals surface area (Å²) in [7, 11) is 0. The number of amides is 1. The lowest BCUT2D eigenvalue weighted by Crippen LogP contribution is -2.68. The van der Waals surface area contributed by atoms with E-state index < -0.39 is 23.9 Å². The molecule has 0 saturated carbocycles. The summed E-state index contributed by atoms with van der Waals surface area (Å²) in [5.74, 6) is -1.90. The number of aromatic nitrogens is 3. The van der Waals surface area contributed by atoms with Crippen molar-refractivity contribution in [2.45, 2.75) is 22.9 Å². The van der Waals surface area contributed by atoms with Gasteiger partial charge in [-0.15, -0.1) is 28.6 Å². The highest BCUT2D eigenvalue weighted by Gasteiger charge is 2.51. The van der Waals surface area contributed by atoms with E-state index in [2.05, 4.69) is 15.4 Å². The molecule has 1 amide bonds. The fraction of sp³-hybridized carbons (Fsp3) is 0.417. The Morgan fingerprint density at radius 2 is 2.21 bits per heavy atom. The summed E-state index contributed by atoms with van der Waals surface area (Å²) in [6, 6.07) is -0.669. The van der Waals surface area contributed by atoms with Crippen molar-refractivity contribution in [1.29, 1.82) is 0 Å². The summed E-state index contributed by atoms with van der Waals surface area (Å²) in [5.41, 5.74) is 6.51. The zero-order chi connectivity index (χ0) is 17.4. The van der Waals surface area contributed by atoms with Crippen molar-refractivity contribution >= 4 is 41.4 Å². The highest BCUT2D eigenvalue weighted by Crippen LogP contribution is 2.40. The van der Waals surface area contributed by atoms with Gasteiger partial charge in [0.15, 0.2) is 0 Å². The van der Waals surface area contributed by atoms with Crippen LogP contribution in [0.1, 0.15) is 5.69 Å². The van der Waals surface area contributed by atoms with Crippen LogP contribution >= 0.6 is 23.5 Å². The molecule has 1 saturated heterocycles. The van der Waals surface area contributed by atoms with Crippen molar-refractivity contribution in [3.63, 3.8) is 0 Å². The molecule has 1 unspecified atom stereocenters. The van der Waals surface area contributed by atoms with Gasteiger partial charge in [0.1, 0.15) is 27.8 Å². The Kier molecular flexibility index (Phi) is 4.51. The number of nitrogens with zero attached hydrogens (tertiary/aromatic N) is 3. The Balaban J connectivity index is 1.78. The van der Waals surface area contributed by atoms with Crippen molar-refractivity contribution in [2.24, 2.45) is 5.73 Å². The molecule has 2 atom stereocenters. The van der Waals surface area contributed by atoms with Gasteiger partial charge < -0.3 is 15.9 Å². The number of thioether (sulfide) groups is 2. The lowest BCUT2D eigenvalue weighted by atomic mass is 10.0. The molecular weight excluding hydrogens is 358 g/mol. The quantitative estimate of drug-likeness (QED) is 0.364. The van der Waals surface area contributed by atoms with Crippen molar-refractivity contribution < 1.29 is 24.6 Å². The lowest BCUT2D eigenvalue weighted by molar-refractivity contribution is -0.147. The minimum Gasteiger partial charge on any atom is -0.481 e. The molecule has 1 aromatic rings. The molecule has 24 heavy (non-hydrogen) atoms. The van der Waals surface area contributed by atoms with Gasteiger partial charge >= 0.3 is 11.9 Å². The molecule has 0 aromatic carbocycles. The number of carbonyl (C=O) groups is 3. The number of carbonyl (C=O) groups excluding carboxylic acids is 1. The van der Waals surface area contributed by atoms with Crippen LogP contribution in [0.2, 0.25) is 0 Å². The van der Waals surface area contributed by atoms with E-state index >= 15 is 0 Å². The van der Waals surface area contributed by atoms with Crippen LogP contribution in [0.4, 0.5) is 0 Å². The van der Waals surface area contributed by atoms with Crippen LogP contribution in [0, 0.1) is 0 Å². The number of hydrogen-bond donors (Lipinski definition) is 4. The van der Waals surface area contributed by atoms with Crippen molar-refractivity contribution in [1.82, 2.24) is 20.3 Å². The topological polar surface area (TPSA) is 162 Å². The first-order valence-electron chi connectivity index (χ1n) is 6.80. The largest absolute Gasteiger partial charge is 0.481 e. The van der Waals surface area contributed by atoms with Gasteiger partial charge in [0.2, 0.25) is 5.91 Å². The minimum absolute atomic E-state index is 0.0368. The maximum absolute atomic E-state index is 11.9. The summed E-state index contributed by atoms with van der Waals surface area (Å²) < 4.78 is 0. The maximum Gasteiger partial charge on any atom is 0.352 e. The first kappa shape index (κ1) is 16.8. The highest BCUT2D eigenvalue weighted by atomic mass is 32.2. The lowest BCUT2D eigenvalue weighted by Gasteiger charge is -2.48. The van der Waals surface area contributed by atoms with E-state index in [-0.39, 0.29) is 28.9 Å². The van der Waals surface area contributed by atoms with E-state index in [9.17, 15) is 19.5 Å². The van der Waals surface area contributed by atoms with Gasteiger partial charge in [-0.25, -0.2) is 4.79 Å². The van der Waals surface area contributed by atoms with E-state index in [1.54, 1.807) is 0 Å². The zero-order valence-corrected chi connectivity index (χ0v) is 13.8. The Labute approximate surface area is 143 Å². The number of β-lactam (4-membered cyclic amide) rings is 1. The Morgan fingerprint density at radius 1 is 1.46 bits per heavy atom. The van der Waals surface area contributed by atoms with Crippen molar-refractivity contribution in [2.75, 3.05) is 11.5 Å². The van der Waals surface area contributed by atoms with Gasteiger partial charge in [-0.05, 0) is 5.57 Å². The second-order valence-electron chi connectivity index (χ2n) is 5.14. The Morgan fingerprint density at radius 3 is 2.88 bits per heavy atom. The SMILES string of the molecule is NC1C(=O)N2C(C(=O)O)=C(CSc3[nH]nnc3CC(=O)O)CS[C@H]12. The molecule has 12 heteroatoms. The van der Waals surface area contributed by atoms with Gasteiger partial charge in [0.25, 0.3) is 0 Å². The third-order valence-corrected chi connectivity index (χ3v) is 6.05. The number of carboxylic acid groups (broad SMARTS) is 2. The van der Waals surface area contributed by atoms with E-state index in [0.29, 0.717) is 16.4 Å². The molecule has 2 aliphatic heterocycles. The van der Waals surface area contributed by atoms with Gasteiger partial charge in [0.05, 0.1) is 6.42 Å². The highest BCUT2D eigenvalue weighted by molar-refractivity contribution is 8.01. The third-order valence-electron chi connectivity index (χ3n) is 3.58. The van der Waals surface area contributed by atoms with E-state index in [1.807, 2.05) is 0 Å². The molecule has 0 spiro atoms. The number of nitrogens with two attached hydrogens (primary N) is 1. The molecule has 1 fully saturated rings. The number of aromatic amines is 1. The molecule has 3 heterocycles. The Hall–Kier alpha value is -2.05. The van der Waals surface area contributed by atoms with Crippen LogP contribution < -0.4 is 5.73 Å². The van der Waals surface area contributed by atoms with Crippen LogP contribution in [-0.4, -0.2) is 71.3 Å². The minimum atomic E-state index is -1.18. The van der Waals surface area contributed by atoms with Crippen molar-refractivity contribution in [3.05, 3.63) is 17.0 Å². The molecular formula is C12H13N5O5S2. The molecule has 10 nitrogen and oxygen atoms in total. The number of carboxylic acids is 2. The molecule has 3 rings (SSSR count). The number of fused-ring (bicyclic) bond motifs is 1. The summed E-state index contributed by atoms with van der Waals surface area (Å²) >= 11 is 2.62. The normalized spacial score (nSPS) is 23.0. The van der Waals surface area contributed by atoms with Crippen LogP contribution in [0.15, 0.2) is 16.3 Å². The van der Waals surface area contributed by atoms with Gasteiger partial charge in [0, 0.05) is 11.5 Å². The predicted octanol–water partition coefficient (Wildman–Crippen LogP) is -0.895. The van der Waals surface area contributed by atoms with Crippen molar-refractivity contribution in [3.8, 4) is 0 Å². The maximum atomic E-state index is 11.9. The smallest absolute Gasteiger partial charge is 0.352 e. The van der Waals surface area contributed by atoms with Gasteiger partial charge in [-0.3, -0.25) is 19.6 Å². The Bertz CT molecular complexity index is 748. The average Bonchev–Trinajstić information content (AvgIpc) is 2.97. The summed E-state index contributed by atoms with van der Waals surface area (Å²) in [4.78, 5) is 35.4. The van der Waals surface area contributed by atoms with E-state index in [1.165, 1.54) is 28.4 Å². The number of aliphatic carboxylic acids is 2. The van der Waals surface area contributed by atoms with Gasteiger partial charge in [-0.2, -0.15) is 0 Å². The number of H-pyrrole nitrogens is 1. The zero-order valence-electron chi connectivity index (χ0n) is 12.1. The predicted molar refractivity (Wildman–Crippen MR) is 84.2 cm³/mol. The first-order valence-corrected chi connectivity index (χ1v) is 8.83.